The third kappa shape index (κ3) is 4.82. The van der Waals surface area contributed by atoms with Gasteiger partial charge in [-0.3, -0.25) is 19.9 Å². The van der Waals surface area contributed by atoms with E-state index in [0.717, 1.165) is 30.0 Å². The number of imidazole rings is 1. The molecule has 1 N–H and O–H groups in total. The van der Waals surface area contributed by atoms with E-state index in [0.29, 0.717) is 18.1 Å². The lowest BCUT2D eigenvalue weighted by Crippen LogP contribution is -2.50. The minimum atomic E-state index is -0.505. The van der Waals surface area contributed by atoms with Gasteiger partial charge in [0.25, 0.3) is 0 Å². The molecule has 0 saturated carbocycles. The second-order valence-electron chi connectivity index (χ2n) is 10.0. The SMILES string of the molecule is CC1c2cc(-c3ncc(N4CCC(=O)NC4=O)n3C)ccc2CN1Cc1ccc(Oc2c(F)cccc2Cl)cc1. The van der Waals surface area contributed by atoms with E-state index in [4.69, 9.17) is 16.3 Å². The molecule has 2 aliphatic heterocycles. The van der Waals surface area contributed by atoms with Crippen molar-refractivity contribution in [1.29, 1.82) is 0 Å². The number of nitrogens with zero attached hydrogens (tertiary/aromatic N) is 4. The summed E-state index contributed by atoms with van der Waals surface area (Å²) in [5.41, 5.74) is 4.56. The lowest BCUT2D eigenvalue weighted by atomic mass is 10.0. The van der Waals surface area contributed by atoms with Crippen molar-refractivity contribution in [3.05, 3.63) is 94.4 Å². The molecule has 1 atom stereocenters. The van der Waals surface area contributed by atoms with E-state index < -0.39 is 11.8 Å². The van der Waals surface area contributed by atoms with Crippen LogP contribution in [0.5, 0.6) is 11.5 Å². The molecule has 0 aliphatic carbocycles. The molecule has 3 heterocycles. The highest BCUT2D eigenvalue weighted by Crippen LogP contribution is 2.38. The predicted molar refractivity (Wildman–Crippen MR) is 150 cm³/mol. The van der Waals surface area contributed by atoms with Gasteiger partial charge in [-0.05, 0) is 53.9 Å². The summed E-state index contributed by atoms with van der Waals surface area (Å²) in [7, 11) is 1.87. The van der Waals surface area contributed by atoms with Crippen LogP contribution in [0.3, 0.4) is 0 Å². The van der Waals surface area contributed by atoms with E-state index in [1.807, 2.05) is 35.9 Å². The molecule has 40 heavy (non-hydrogen) atoms. The summed E-state index contributed by atoms with van der Waals surface area (Å²) in [4.78, 5) is 32.4. The van der Waals surface area contributed by atoms with Gasteiger partial charge in [-0.1, -0.05) is 41.9 Å². The van der Waals surface area contributed by atoms with Crippen molar-refractivity contribution in [1.82, 2.24) is 19.8 Å². The standard InChI is InChI=1S/C30H27ClFN5O3/c1-18-23-14-20(29-33-15-27(35(29)2)37-13-12-26(38)34-30(37)39)8-9-21(23)17-36(18)16-19-6-10-22(11-7-19)40-28-24(31)4-3-5-25(28)32/h3-11,14-15,18H,12-13,16-17H2,1-2H3,(H,34,38,39). The fourth-order valence-corrected chi connectivity index (χ4v) is 5.51. The Kier molecular flexibility index (Phi) is 6.77. The topological polar surface area (TPSA) is 79.7 Å². The van der Waals surface area contributed by atoms with Gasteiger partial charge in [0.2, 0.25) is 5.91 Å². The quantitative estimate of drug-likeness (QED) is 0.304. The fourth-order valence-electron chi connectivity index (χ4n) is 5.31. The summed E-state index contributed by atoms with van der Waals surface area (Å²) < 4.78 is 21.6. The van der Waals surface area contributed by atoms with Crippen LogP contribution in [0.1, 0.15) is 36.1 Å². The first-order valence-corrected chi connectivity index (χ1v) is 13.4. The number of benzene rings is 3. The van der Waals surface area contributed by atoms with Crippen molar-refractivity contribution >= 4 is 29.4 Å². The Hall–Kier alpha value is -4.21. The maximum Gasteiger partial charge on any atom is 0.329 e. The van der Waals surface area contributed by atoms with Gasteiger partial charge in [0, 0.05) is 44.7 Å². The summed E-state index contributed by atoms with van der Waals surface area (Å²) in [6, 6.07) is 18.2. The Bertz CT molecular complexity index is 1600. The normalized spacial score (nSPS) is 17.2. The molecule has 1 aromatic heterocycles. The summed E-state index contributed by atoms with van der Waals surface area (Å²) in [5, 5.41) is 2.59. The number of carbonyl (C=O) groups excluding carboxylic acids is 2. The molecule has 3 amide bonds. The van der Waals surface area contributed by atoms with Gasteiger partial charge in [0.15, 0.2) is 11.6 Å². The maximum absolute atomic E-state index is 14.1. The van der Waals surface area contributed by atoms with Crippen LogP contribution in [0.25, 0.3) is 11.4 Å². The number of nitrogens with one attached hydrogen (secondary N) is 1. The average Bonchev–Trinajstić information content (AvgIpc) is 3.46. The minimum absolute atomic E-state index is 0.0189. The van der Waals surface area contributed by atoms with Crippen molar-refractivity contribution in [3.63, 3.8) is 0 Å². The first-order chi connectivity index (χ1) is 19.3. The Morgan fingerprint density at radius 3 is 2.67 bits per heavy atom. The lowest BCUT2D eigenvalue weighted by molar-refractivity contribution is -0.120. The number of fused-ring (bicyclic) bond motifs is 1. The number of hydrogen-bond donors (Lipinski definition) is 1. The molecule has 2 aliphatic rings. The second-order valence-corrected chi connectivity index (χ2v) is 10.5. The molecular weight excluding hydrogens is 533 g/mol. The van der Waals surface area contributed by atoms with E-state index in [9.17, 15) is 14.0 Å². The highest BCUT2D eigenvalue weighted by atomic mass is 35.5. The second kappa shape index (κ2) is 10.4. The molecule has 0 bridgehead atoms. The van der Waals surface area contributed by atoms with Gasteiger partial charge in [-0.15, -0.1) is 0 Å². The number of halogens is 2. The zero-order valence-electron chi connectivity index (χ0n) is 22.0. The third-order valence-electron chi connectivity index (χ3n) is 7.52. The third-order valence-corrected chi connectivity index (χ3v) is 7.81. The van der Waals surface area contributed by atoms with Gasteiger partial charge < -0.3 is 9.30 Å². The van der Waals surface area contributed by atoms with E-state index in [1.165, 1.54) is 22.1 Å². The summed E-state index contributed by atoms with van der Waals surface area (Å²) in [6.07, 6.45) is 1.93. The molecule has 204 valence electrons. The van der Waals surface area contributed by atoms with E-state index in [2.05, 4.69) is 40.3 Å². The Balaban J connectivity index is 1.16. The van der Waals surface area contributed by atoms with E-state index in [-0.39, 0.29) is 29.1 Å². The Labute approximate surface area is 235 Å². The van der Waals surface area contributed by atoms with Gasteiger partial charge in [-0.2, -0.15) is 0 Å². The van der Waals surface area contributed by atoms with Crippen LogP contribution < -0.4 is 15.0 Å². The molecule has 4 aromatic rings. The maximum atomic E-state index is 14.1. The molecule has 0 spiro atoms. The van der Waals surface area contributed by atoms with E-state index in [1.54, 1.807) is 18.3 Å². The first kappa shape index (κ1) is 26.0. The molecule has 10 heteroatoms. The van der Waals surface area contributed by atoms with Gasteiger partial charge >= 0.3 is 6.03 Å². The molecule has 1 saturated heterocycles. The largest absolute Gasteiger partial charge is 0.453 e. The number of para-hydroxylation sites is 1. The molecule has 1 fully saturated rings. The average molecular weight is 560 g/mol. The van der Waals surface area contributed by atoms with Crippen LogP contribution in [-0.2, 0) is 24.9 Å². The molecule has 3 aromatic carbocycles. The summed E-state index contributed by atoms with van der Waals surface area (Å²) in [6.45, 7) is 4.06. The Morgan fingerprint density at radius 1 is 1.12 bits per heavy atom. The smallest absolute Gasteiger partial charge is 0.329 e. The number of aromatic nitrogens is 2. The number of rotatable bonds is 6. The predicted octanol–water partition coefficient (Wildman–Crippen LogP) is 6.20. The number of anilines is 1. The number of carbonyl (C=O) groups is 2. The Morgan fingerprint density at radius 2 is 1.93 bits per heavy atom. The zero-order valence-corrected chi connectivity index (χ0v) is 22.8. The van der Waals surface area contributed by atoms with Crippen LogP contribution >= 0.6 is 11.6 Å². The van der Waals surface area contributed by atoms with Crippen molar-refractivity contribution in [3.8, 4) is 22.9 Å². The zero-order chi connectivity index (χ0) is 28.0. The fraction of sp³-hybridized carbons (Fsp3) is 0.233. The van der Waals surface area contributed by atoms with Crippen LogP contribution in [0, 0.1) is 5.82 Å². The van der Waals surface area contributed by atoms with Gasteiger partial charge in [0.1, 0.15) is 17.4 Å². The number of imide groups is 1. The molecule has 6 rings (SSSR count). The molecule has 0 radical (unpaired) electrons. The number of hydrogen-bond acceptors (Lipinski definition) is 5. The summed E-state index contributed by atoms with van der Waals surface area (Å²) >= 11 is 6.08. The van der Waals surface area contributed by atoms with Gasteiger partial charge in [-0.25, -0.2) is 14.2 Å². The molecule has 8 nitrogen and oxygen atoms in total. The van der Waals surface area contributed by atoms with Crippen molar-refractivity contribution < 1.29 is 18.7 Å². The summed E-state index contributed by atoms with van der Waals surface area (Å²) in [5.74, 6) is 1.15. The molecular formula is C30H27ClFN5O3. The highest BCUT2D eigenvalue weighted by molar-refractivity contribution is 6.32. The highest BCUT2D eigenvalue weighted by Gasteiger charge is 2.29. The minimum Gasteiger partial charge on any atom is -0.453 e. The van der Waals surface area contributed by atoms with Crippen LogP contribution in [0.2, 0.25) is 5.02 Å². The van der Waals surface area contributed by atoms with Crippen molar-refractivity contribution in [2.45, 2.75) is 32.5 Å². The number of ether oxygens (including phenoxy) is 1. The van der Waals surface area contributed by atoms with Crippen LogP contribution in [-0.4, -0.2) is 32.9 Å². The monoisotopic (exact) mass is 559 g/mol. The van der Waals surface area contributed by atoms with Crippen molar-refractivity contribution in [2.75, 3.05) is 11.4 Å². The number of urea groups is 1. The number of amides is 3. The van der Waals surface area contributed by atoms with Crippen LogP contribution in [0.15, 0.2) is 66.9 Å². The van der Waals surface area contributed by atoms with Gasteiger partial charge in [0.05, 0.1) is 11.2 Å². The van der Waals surface area contributed by atoms with E-state index >= 15 is 0 Å². The lowest BCUT2D eigenvalue weighted by Gasteiger charge is -2.26. The first-order valence-electron chi connectivity index (χ1n) is 13.0. The molecule has 1 unspecified atom stereocenters. The van der Waals surface area contributed by atoms with Crippen molar-refractivity contribution in [2.24, 2.45) is 7.05 Å². The van der Waals surface area contributed by atoms with Crippen LogP contribution in [0.4, 0.5) is 15.0 Å².